The van der Waals surface area contributed by atoms with Gasteiger partial charge in [-0.1, -0.05) is 19.9 Å². The van der Waals surface area contributed by atoms with Gasteiger partial charge in [-0.3, -0.25) is 0 Å². The summed E-state index contributed by atoms with van der Waals surface area (Å²) >= 11 is 0. The molecule has 2 heteroatoms. The first-order valence-electron chi connectivity index (χ1n) is 6.61. The Kier molecular flexibility index (Phi) is 2.44. The number of fused-ring (bicyclic) bond motifs is 1. The average molecular weight is 231 g/mol. The summed E-state index contributed by atoms with van der Waals surface area (Å²) in [6.45, 7) is 4.39. The average Bonchev–Trinajstić information content (AvgIpc) is 2.76. The van der Waals surface area contributed by atoms with E-state index in [1.807, 2.05) is 0 Å². The molecule has 0 amide bonds. The lowest BCUT2D eigenvalue weighted by atomic mass is 9.65. The summed E-state index contributed by atoms with van der Waals surface area (Å²) in [4.78, 5) is 0. The third-order valence-electron chi connectivity index (χ3n) is 4.60. The highest BCUT2D eigenvalue weighted by Gasteiger charge is 2.47. The molecule has 0 spiro atoms. The second kappa shape index (κ2) is 3.74. The summed E-state index contributed by atoms with van der Waals surface area (Å²) in [5.41, 5.74) is 9.10. The molecular weight excluding hydrogens is 210 g/mol. The molecule has 2 nitrogen and oxygen atoms in total. The van der Waals surface area contributed by atoms with Gasteiger partial charge in [0.15, 0.2) is 0 Å². The van der Waals surface area contributed by atoms with E-state index in [2.05, 4.69) is 32.0 Å². The molecule has 2 unspecified atom stereocenters. The van der Waals surface area contributed by atoms with E-state index in [0.29, 0.717) is 0 Å². The third kappa shape index (κ3) is 1.75. The number of aryl methyl sites for hydroxylation is 2. The predicted molar refractivity (Wildman–Crippen MR) is 69.3 cm³/mol. The molecule has 0 heterocycles. The number of benzene rings is 1. The molecule has 2 aliphatic carbocycles. The minimum absolute atomic E-state index is 0.110. The van der Waals surface area contributed by atoms with Crippen LogP contribution in [-0.4, -0.2) is 12.1 Å². The molecule has 2 N–H and O–H groups in total. The van der Waals surface area contributed by atoms with Crippen LogP contribution >= 0.6 is 0 Å². The van der Waals surface area contributed by atoms with E-state index in [9.17, 15) is 0 Å². The predicted octanol–water partition coefficient (Wildman–Crippen LogP) is 2.68. The topological polar surface area (TPSA) is 35.2 Å². The summed E-state index contributed by atoms with van der Waals surface area (Å²) < 4.78 is 6.08. The first-order valence-corrected chi connectivity index (χ1v) is 6.61. The van der Waals surface area contributed by atoms with E-state index < -0.39 is 0 Å². The Balaban J connectivity index is 1.74. The lowest BCUT2D eigenvalue weighted by Crippen LogP contribution is -2.60. The van der Waals surface area contributed by atoms with Crippen LogP contribution in [0.4, 0.5) is 0 Å². The molecule has 92 valence electrons. The Morgan fingerprint density at radius 2 is 2.00 bits per heavy atom. The van der Waals surface area contributed by atoms with Crippen LogP contribution in [0.5, 0.6) is 5.75 Å². The van der Waals surface area contributed by atoms with Gasteiger partial charge in [0.05, 0.1) is 0 Å². The highest BCUT2D eigenvalue weighted by molar-refractivity contribution is 5.38. The van der Waals surface area contributed by atoms with Gasteiger partial charge >= 0.3 is 0 Å². The van der Waals surface area contributed by atoms with Crippen LogP contribution in [0.2, 0.25) is 0 Å². The van der Waals surface area contributed by atoms with Gasteiger partial charge < -0.3 is 10.5 Å². The second-order valence-electron chi connectivity index (χ2n) is 6.05. The minimum atomic E-state index is 0.110. The Morgan fingerprint density at radius 3 is 2.71 bits per heavy atom. The van der Waals surface area contributed by atoms with Gasteiger partial charge in [0.2, 0.25) is 0 Å². The fraction of sp³-hybridized carbons (Fsp3) is 0.600. The molecule has 1 aromatic rings. The monoisotopic (exact) mass is 231 g/mol. The van der Waals surface area contributed by atoms with E-state index in [1.165, 1.54) is 30.4 Å². The van der Waals surface area contributed by atoms with Crippen molar-refractivity contribution in [3.8, 4) is 5.75 Å². The summed E-state index contributed by atoms with van der Waals surface area (Å²) in [6.07, 6.45) is 4.98. The van der Waals surface area contributed by atoms with Crippen molar-refractivity contribution in [3.63, 3.8) is 0 Å². The van der Waals surface area contributed by atoms with E-state index in [0.717, 1.165) is 12.2 Å². The Hall–Kier alpha value is -1.02. The SMILES string of the molecule is CC1(C)C(N)CC1Oc1ccc2c(c1)CCC2. The van der Waals surface area contributed by atoms with E-state index in [4.69, 9.17) is 10.5 Å². The fourth-order valence-electron chi connectivity index (χ4n) is 2.90. The van der Waals surface area contributed by atoms with Crippen LogP contribution in [0.3, 0.4) is 0 Å². The number of hydrogen-bond donors (Lipinski definition) is 1. The van der Waals surface area contributed by atoms with Crippen molar-refractivity contribution in [2.24, 2.45) is 11.1 Å². The number of hydrogen-bond acceptors (Lipinski definition) is 2. The van der Waals surface area contributed by atoms with Crippen molar-refractivity contribution < 1.29 is 4.74 Å². The van der Waals surface area contributed by atoms with Crippen LogP contribution in [0.25, 0.3) is 0 Å². The molecular formula is C15H21NO. The van der Waals surface area contributed by atoms with Gasteiger partial charge in [0.1, 0.15) is 11.9 Å². The Morgan fingerprint density at radius 1 is 1.24 bits per heavy atom. The zero-order chi connectivity index (χ0) is 12.0. The quantitative estimate of drug-likeness (QED) is 0.849. The Bertz CT molecular complexity index is 439. The molecule has 2 atom stereocenters. The van der Waals surface area contributed by atoms with Gasteiger partial charge in [-0.2, -0.15) is 0 Å². The standard InChI is InChI=1S/C15H21NO/c1-15(2)13(16)9-14(15)17-12-7-6-10-4-3-5-11(10)8-12/h6-8,13-14H,3-5,9,16H2,1-2H3. The van der Waals surface area contributed by atoms with Gasteiger partial charge in [0.25, 0.3) is 0 Å². The molecule has 0 aliphatic heterocycles. The summed E-state index contributed by atoms with van der Waals surface area (Å²) in [5, 5.41) is 0. The van der Waals surface area contributed by atoms with Crippen LogP contribution in [0.15, 0.2) is 18.2 Å². The van der Waals surface area contributed by atoms with Gasteiger partial charge in [-0.05, 0) is 42.5 Å². The van der Waals surface area contributed by atoms with Crippen LogP contribution < -0.4 is 10.5 Å². The maximum absolute atomic E-state index is 6.08. The molecule has 0 aromatic heterocycles. The van der Waals surface area contributed by atoms with Gasteiger partial charge in [-0.25, -0.2) is 0 Å². The first-order chi connectivity index (χ1) is 8.07. The van der Waals surface area contributed by atoms with Crippen molar-refractivity contribution in [2.75, 3.05) is 0 Å². The van der Waals surface area contributed by atoms with Crippen LogP contribution in [0.1, 0.15) is 37.8 Å². The first kappa shape index (κ1) is 11.1. The van der Waals surface area contributed by atoms with Crippen molar-refractivity contribution in [1.29, 1.82) is 0 Å². The molecule has 17 heavy (non-hydrogen) atoms. The molecule has 0 bridgehead atoms. The molecule has 0 radical (unpaired) electrons. The zero-order valence-electron chi connectivity index (χ0n) is 10.7. The summed E-state index contributed by atoms with van der Waals surface area (Å²) in [7, 11) is 0. The van der Waals surface area contributed by atoms with Crippen molar-refractivity contribution >= 4 is 0 Å². The van der Waals surface area contributed by atoms with Gasteiger partial charge in [-0.15, -0.1) is 0 Å². The minimum Gasteiger partial charge on any atom is -0.490 e. The molecule has 1 aromatic carbocycles. The van der Waals surface area contributed by atoms with E-state index in [-0.39, 0.29) is 17.6 Å². The molecule has 0 saturated heterocycles. The lowest BCUT2D eigenvalue weighted by Gasteiger charge is -2.49. The maximum atomic E-state index is 6.08. The van der Waals surface area contributed by atoms with E-state index >= 15 is 0 Å². The smallest absolute Gasteiger partial charge is 0.120 e. The fourth-order valence-corrected chi connectivity index (χ4v) is 2.90. The maximum Gasteiger partial charge on any atom is 0.120 e. The molecule has 3 rings (SSSR count). The summed E-state index contributed by atoms with van der Waals surface area (Å²) in [6, 6.07) is 6.84. The van der Waals surface area contributed by atoms with Crippen molar-refractivity contribution in [3.05, 3.63) is 29.3 Å². The zero-order valence-corrected chi connectivity index (χ0v) is 10.7. The molecule has 2 aliphatic rings. The van der Waals surface area contributed by atoms with Crippen molar-refractivity contribution in [1.82, 2.24) is 0 Å². The van der Waals surface area contributed by atoms with Crippen LogP contribution in [-0.2, 0) is 12.8 Å². The van der Waals surface area contributed by atoms with Crippen molar-refractivity contribution in [2.45, 2.75) is 51.7 Å². The number of rotatable bonds is 2. The third-order valence-corrected chi connectivity index (χ3v) is 4.60. The number of nitrogens with two attached hydrogens (primary N) is 1. The molecule has 1 fully saturated rings. The van der Waals surface area contributed by atoms with Crippen LogP contribution in [0, 0.1) is 5.41 Å². The highest BCUT2D eigenvalue weighted by atomic mass is 16.5. The highest BCUT2D eigenvalue weighted by Crippen LogP contribution is 2.42. The van der Waals surface area contributed by atoms with Gasteiger partial charge in [0, 0.05) is 17.9 Å². The Labute approximate surface area is 103 Å². The largest absolute Gasteiger partial charge is 0.490 e. The normalized spacial score (nSPS) is 29.6. The lowest BCUT2D eigenvalue weighted by molar-refractivity contribution is -0.0400. The number of ether oxygens (including phenoxy) is 1. The molecule has 1 saturated carbocycles. The van der Waals surface area contributed by atoms with E-state index in [1.54, 1.807) is 0 Å². The summed E-state index contributed by atoms with van der Waals surface area (Å²) in [5.74, 6) is 1.02. The second-order valence-corrected chi connectivity index (χ2v) is 6.05.